The minimum atomic E-state index is -3.31. The molecule has 0 aromatic heterocycles. The van der Waals surface area contributed by atoms with Crippen molar-refractivity contribution in [3.05, 3.63) is 29.8 Å². The van der Waals surface area contributed by atoms with Gasteiger partial charge in [-0.1, -0.05) is 6.07 Å². The summed E-state index contributed by atoms with van der Waals surface area (Å²) in [5.41, 5.74) is 0.928. The summed E-state index contributed by atoms with van der Waals surface area (Å²) in [6, 6.07) is 6.53. The van der Waals surface area contributed by atoms with Gasteiger partial charge in [0.1, 0.15) is 0 Å². The van der Waals surface area contributed by atoms with Gasteiger partial charge in [0.25, 0.3) is 5.91 Å². The molecule has 1 amide bonds. The predicted octanol–water partition coefficient (Wildman–Crippen LogP) is 0.904. The maximum absolute atomic E-state index is 11.9. The number of rotatable bonds is 3. The van der Waals surface area contributed by atoms with Crippen LogP contribution in [0.5, 0.6) is 0 Å². The van der Waals surface area contributed by atoms with Crippen molar-refractivity contribution in [3.63, 3.8) is 0 Å². The van der Waals surface area contributed by atoms with Crippen LogP contribution in [-0.2, 0) is 10.0 Å². The Morgan fingerprint density at radius 2 is 2.06 bits per heavy atom. The Kier molecular flexibility index (Phi) is 3.06. The van der Waals surface area contributed by atoms with E-state index in [4.69, 9.17) is 0 Å². The molecule has 1 aliphatic rings. The quantitative estimate of drug-likeness (QED) is 0.871. The van der Waals surface area contributed by atoms with Gasteiger partial charge >= 0.3 is 0 Å². The van der Waals surface area contributed by atoms with Crippen molar-refractivity contribution in [1.82, 2.24) is 4.90 Å². The van der Waals surface area contributed by atoms with Crippen LogP contribution in [0.15, 0.2) is 24.3 Å². The average Bonchev–Trinajstić information content (AvgIpc) is 2.12. The highest BCUT2D eigenvalue weighted by atomic mass is 32.2. The van der Waals surface area contributed by atoms with Crippen LogP contribution in [0, 0.1) is 0 Å². The van der Waals surface area contributed by atoms with E-state index >= 15 is 0 Å². The zero-order chi connectivity index (χ0) is 12.5. The number of likely N-dealkylation sites (tertiary alicyclic amines) is 1. The number of carbonyl (C=O) groups is 1. The molecule has 6 heteroatoms. The second-order valence-corrected chi connectivity index (χ2v) is 5.85. The van der Waals surface area contributed by atoms with Crippen molar-refractivity contribution in [3.8, 4) is 0 Å². The second-order valence-electron chi connectivity index (χ2n) is 4.10. The average molecular weight is 254 g/mol. The standard InChI is InChI=1S/C11H14N2O3S/c1-17(15,16)12-10-5-2-4-9(8-10)11(14)13-6-3-7-13/h2,4-5,8,12H,3,6-7H2,1H3. The second kappa shape index (κ2) is 4.37. The van der Waals surface area contributed by atoms with Crippen molar-refractivity contribution in [2.24, 2.45) is 0 Å². The first kappa shape index (κ1) is 11.9. The lowest BCUT2D eigenvalue weighted by atomic mass is 10.1. The summed E-state index contributed by atoms with van der Waals surface area (Å²) in [5.74, 6) is -0.0478. The molecular weight excluding hydrogens is 240 g/mol. The number of hydrogen-bond acceptors (Lipinski definition) is 3. The number of nitrogens with one attached hydrogen (secondary N) is 1. The Hall–Kier alpha value is -1.56. The van der Waals surface area contributed by atoms with Gasteiger partial charge in [0.05, 0.1) is 6.26 Å². The molecule has 0 spiro atoms. The van der Waals surface area contributed by atoms with Crippen molar-refractivity contribution < 1.29 is 13.2 Å². The molecule has 0 aliphatic carbocycles. The minimum absolute atomic E-state index is 0.0478. The fraction of sp³-hybridized carbons (Fsp3) is 0.364. The van der Waals surface area contributed by atoms with Crippen LogP contribution < -0.4 is 4.72 Å². The summed E-state index contributed by atoms with van der Waals surface area (Å²) in [6.45, 7) is 1.56. The fourth-order valence-corrected chi connectivity index (χ4v) is 2.19. The molecule has 1 heterocycles. The summed E-state index contributed by atoms with van der Waals surface area (Å²) in [4.78, 5) is 13.6. The van der Waals surface area contributed by atoms with Crippen molar-refractivity contribution in [2.75, 3.05) is 24.1 Å². The lowest BCUT2D eigenvalue weighted by Gasteiger charge is -2.31. The third kappa shape index (κ3) is 2.97. The molecule has 1 saturated heterocycles. The van der Waals surface area contributed by atoms with E-state index in [1.54, 1.807) is 29.2 Å². The van der Waals surface area contributed by atoms with Gasteiger partial charge in [0.2, 0.25) is 10.0 Å². The molecule has 2 rings (SSSR count). The third-order valence-electron chi connectivity index (χ3n) is 2.56. The molecule has 1 N–H and O–H groups in total. The maximum Gasteiger partial charge on any atom is 0.253 e. The molecule has 1 aromatic carbocycles. The van der Waals surface area contributed by atoms with Gasteiger partial charge in [-0.25, -0.2) is 8.42 Å². The number of hydrogen-bond donors (Lipinski definition) is 1. The molecular formula is C11H14N2O3S. The molecule has 0 bridgehead atoms. The molecule has 1 fully saturated rings. The normalized spacial score (nSPS) is 15.2. The van der Waals surface area contributed by atoms with Crippen LogP contribution in [0.1, 0.15) is 16.8 Å². The zero-order valence-electron chi connectivity index (χ0n) is 9.51. The lowest BCUT2D eigenvalue weighted by Crippen LogP contribution is -2.42. The predicted molar refractivity (Wildman–Crippen MR) is 65.4 cm³/mol. The van der Waals surface area contributed by atoms with Crippen LogP contribution in [0.25, 0.3) is 0 Å². The van der Waals surface area contributed by atoms with Gasteiger partial charge in [-0.3, -0.25) is 9.52 Å². The topological polar surface area (TPSA) is 66.5 Å². The van der Waals surface area contributed by atoms with E-state index in [1.165, 1.54) is 0 Å². The monoisotopic (exact) mass is 254 g/mol. The molecule has 1 aliphatic heterocycles. The van der Waals surface area contributed by atoms with Crippen LogP contribution in [0.3, 0.4) is 0 Å². The van der Waals surface area contributed by atoms with E-state index in [9.17, 15) is 13.2 Å². The number of nitrogens with zero attached hydrogens (tertiary/aromatic N) is 1. The summed E-state index contributed by atoms with van der Waals surface area (Å²) in [7, 11) is -3.31. The summed E-state index contributed by atoms with van der Waals surface area (Å²) >= 11 is 0. The Balaban J connectivity index is 2.19. The molecule has 5 nitrogen and oxygen atoms in total. The Morgan fingerprint density at radius 1 is 1.35 bits per heavy atom. The summed E-state index contributed by atoms with van der Waals surface area (Å²) < 4.78 is 24.5. The number of sulfonamides is 1. The van der Waals surface area contributed by atoms with E-state index < -0.39 is 10.0 Å². The Labute approximate surface area is 100 Å². The van der Waals surface area contributed by atoms with Gasteiger partial charge in [-0.2, -0.15) is 0 Å². The van der Waals surface area contributed by atoms with Crippen molar-refractivity contribution in [1.29, 1.82) is 0 Å². The smallest absolute Gasteiger partial charge is 0.253 e. The van der Waals surface area contributed by atoms with E-state index in [2.05, 4.69) is 4.72 Å². The first-order chi connectivity index (χ1) is 7.96. The lowest BCUT2D eigenvalue weighted by molar-refractivity contribution is 0.0652. The molecule has 1 aromatic rings. The van der Waals surface area contributed by atoms with Crippen molar-refractivity contribution in [2.45, 2.75) is 6.42 Å². The number of amides is 1. The third-order valence-corrected chi connectivity index (χ3v) is 3.16. The number of carbonyl (C=O) groups excluding carboxylic acids is 1. The highest BCUT2D eigenvalue weighted by Gasteiger charge is 2.21. The molecule has 0 saturated carbocycles. The molecule has 0 atom stereocenters. The Morgan fingerprint density at radius 3 is 2.59 bits per heavy atom. The van der Waals surface area contributed by atoms with Gasteiger partial charge in [-0.15, -0.1) is 0 Å². The van der Waals surface area contributed by atoms with Crippen LogP contribution >= 0.6 is 0 Å². The van der Waals surface area contributed by atoms with Crippen LogP contribution in [0.4, 0.5) is 5.69 Å². The van der Waals surface area contributed by atoms with E-state index in [-0.39, 0.29) is 5.91 Å². The molecule has 92 valence electrons. The number of benzene rings is 1. The first-order valence-corrected chi connectivity index (χ1v) is 7.22. The SMILES string of the molecule is CS(=O)(=O)Nc1cccc(C(=O)N2CCC2)c1. The van der Waals surface area contributed by atoms with Crippen LogP contribution in [0.2, 0.25) is 0 Å². The maximum atomic E-state index is 11.9. The van der Waals surface area contributed by atoms with Crippen LogP contribution in [-0.4, -0.2) is 38.6 Å². The molecule has 17 heavy (non-hydrogen) atoms. The van der Waals surface area contributed by atoms with E-state index in [0.717, 1.165) is 25.8 Å². The highest BCUT2D eigenvalue weighted by molar-refractivity contribution is 7.92. The number of anilines is 1. The van der Waals surface area contributed by atoms with Crippen molar-refractivity contribution >= 4 is 21.6 Å². The molecule has 0 radical (unpaired) electrons. The fourth-order valence-electron chi connectivity index (χ4n) is 1.63. The minimum Gasteiger partial charge on any atom is -0.339 e. The summed E-state index contributed by atoms with van der Waals surface area (Å²) in [5, 5.41) is 0. The largest absolute Gasteiger partial charge is 0.339 e. The van der Waals surface area contributed by atoms with Gasteiger partial charge in [-0.05, 0) is 24.6 Å². The van der Waals surface area contributed by atoms with Gasteiger partial charge in [0.15, 0.2) is 0 Å². The van der Waals surface area contributed by atoms with Gasteiger partial charge in [0, 0.05) is 24.3 Å². The van der Waals surface area contributed by atoms with E-state index in [1.807, 2.05) is 0 Å². The van der Waals surface area contributed by atoms with E-state index in [0.29, 0.717) is 11.3 Å². The Bertz CT molecular complexity index is 535. The zero-order valence-corrected chi connectivity index (χ0v) is 10.3. The van der Waals surface area contributed by atoms with Gasteiger partial charge < -0.3 is 4.90 Å². The first-order valence-electron chi connectivity index (χ1n) is 5.33. The highest BCUT2D eigenvalue weighted by Crippen LogP contribution is 2.16. The summed E-state index contributed by atoms with van der Waals surface area (Å²) in [6.07, 6.45) is 2.12. The molecule has 0 unspecified atom stereocenters.